The van der Waals surface area contributed by atoms with E-state index in [0.29, 0.717) is 38.8 Å². The molecule has 33 heavy (non-hydrogen) atoms. The second kappa shape index (κ2) is 10.9. The highest BCUT2D eigenvalue weighted by atomic mass is 32.2. The number of amides is 2. The number of carbonyl (C=O) groups is 2. The summed E-state index contributed by atoms with van der Waals surface area (Å²) in [7, 11) is -3.91. The SMILES string of the molecule is CCC(=O)N1CCc2cc(S(=O)(=O)NC(CC(C)C)C(=O)NCCc3ccccc3)ccc21. The molecule has 8 heteroatoms. The van der Waals surface area contributed by atoms with Gasteiger partial charge >= 0.3 is 0 Å². The van der Waals surface area contributed by atoms with Gasteiger partial charge in [0.1, 0.15) is 6.04 Å². The molecule has 2 amide bonds. The zero-order valence-corrected chi connectivity index (χ0v) is 20.3. The average Bonchev–Trinajstić information content (AvgIpc) is 3.21. The lowest BCUT2D eigenvalue weighted by molar-refractivity contribution is -0.123. The third kappa shape index (κ3) is 6.42. The summed E-state index contributed by atoms with van der Waals surface area (Å²) in [5, 5.41) is 2.87. The maximum absolute atomic E-state index is 13.1. The standard InChI is InChI=1S/C25H33N3O4S/c1-4-24(29)28-15-13-20-17-21(10-11-23(20)28)33(31,32)27-22(16-18(2)3)25(30)26-14-12-19-8-6-5-7-9-19/h5-11,17-18,22,27H,4,12-16H2,1-3H3,(H,26,30). The number of rotatable bonds is 10. The number of nitrogens with one attached hydrogen (secondary N) is 2. The minimum atomic E-state index is -3.91. The Morgan fingerprint density at radius 1 is 1.09 bits per heavy atom. The molecule has 3 rings (SSSR count). The first-order chi connectivity index (χ1) is 15.7. The van der Waals surface area contributed by atoms with Crippen molar-refractivity contribution in [1.82, 2.24) is 10.0 Å². The largest absolute Gasteiger partial charge is 0.354 e. The van der Waals surface area contributed by atoms with Gasteiger partial charge in [0.2, 0.25) is 21.8 Å². The monoisotopic (exact) mass is 471 g/mol. The fraction of sp³-hybridized carbons (Fsp3) is 0.440. The number of fused-ring (bicyclic) bond motifs is 1. The van der Waals surface area contributed by atoms with Gasteiger partial charge in [-0.25, -0.2) is 8.42 Å². The summed E-state index contributed by atoms with van der Waals surface area (Å²) in [4.78, 5) is 26.7. The van der Waals surface area contributed by atoms with Crippen molar-refractivity contribution < 1.29 is 18.0 Å². The minimum absolute atomic E-state index is 0.0200. The number of benzene rings is 2. The second-order valence-electron chi connectivity index (χ2n) is 8.77. The maximum atomic E-state index is 13.1. The molecule has 1 atom stereocenters. The third-order valence-corrected chi connectivity index (χ3v) is 7.21. The normalized spacial score (nSPS) is 14.2. The van der Waals surface area contributed by atoms with E-state index in [4.69, 9.17) is 0 Å². The topological polar surface area (TPSA) is 95.6 Å². The zero-order valence-electron chi connectivity index (χ0n) is 19.5. The summed E-state index contributed by atoms with van der Waals surface area (Å²) in [5.41, 5.74) is 2.69. The van der Waals surface area contributed by atoms with E-state index in [1.165, 1.54) is 6.07 Å². The van der Waals surface area contributed by atoms with Crippen LogP contribution in [0.5, 0.6) is 0 Å². The lowest BCUT2D eigenvalue weighted by atomic mass is 10.0. The summed E-state index contributed by atoms with van der Waals surface area (Å²) >= 11 is 0. The quantitative estimate of drug-likeness (QED) is 0.557. The summed E-state index contributed by atoms with van der Waals surface area (Å²) in [5.74, 6) is -0.179. The van der Waals surface area contributed by atoms with Crippen LogP contribution in [-0.2, 0) is 32.5 Å². The van der Waals surface area contributed by atoms with Crippen LogP contribution in [0.2, 0.25) is 0 Å². The van der Waals surface area contributed by atoms with Crippen LogP contribution in [-0.4, -0.2) is 39.4 Å². The van der Waals surface area contributed by atoms with Gasteiger partial charge in [-0.3, -0.25) is 9.59 Å². The molecule has 0 saturated carbocycles. The van der Waals surface area contributed by atoms with Gasteiger partial charge in [-0.2, -0.15) is 4.72 Å². The first kappa shape index (κ1) is 24.9. The van der Waals surface area contributed by atoms with Crippen LogP contribution < -0.4 is 14.9 Å². The van der Waals surface area contributed by atoms with Crippen molar-refractivity contribution in [2.75, 3.05) is 18.0 Å². The van der Waals surface area contributed by atoms with Crippen molar-refractivity contribution in [2.45, 2.75) is 57.4 Å². The van der Waals surface area contributed by atoms with Gasteiger partial charge in [0.25, 0.3) is 0 Å². The van der Waals surface area contributed by atoms with Gasteiger partial charge < -0.3 is 10.2 Å². The third-order valence-electron chi connectivity index (χ3n) is 5.74. The smallest absolute Gasteiger partial charge is 0.241 e. The van der Waals surface area contributed by atoms with Gasteiger partial charge in [0, 0.05) is 25.2 Å². The van der Waals surface area contributed by atoms with Gasteiger partial charge in [-0.15, -0.1) is 0 Å². The van der Waals surface area contributed by atoms with E-state index in [1.807, 2.05) is 51.1 Å². The minimum Gasteiger partial charge on any atom is -0.354 e. The highest BCUT2D eigenvalue weighted by molar-refractivity contribution is 7.89. The highest BCUT2D eigenvalue weighted by Crippen LogP contribution is 2.30. The fourth-order valence-corrected chi connectivity index (χ4v) is 5.29. The van der Waals surface area contributed by atoms with E-state index in [-0.39, 0.29) is 22.6 Å². The number of nitrogens with zero attached hydrogens (tertiary/aromatic N) is 1. The Hall–Kier alpha value is -2.71. The van der Waals surface area contributed by atoms with E-state index in [0.717, 1.165) is 16.8 Å². The number of carbonyl (C=O) groups excluding carboxylic acids is 2. The molecule has 178 valence electrons. The van der Waals surface area contributed by atoms with Crippen LogP contribution in [0.1, 0.15) is 44.7 Å². The molecule has 0 spiro atoms. The number of hydrogen-bond donors (Lipinski definition) is 2. The Kier molecular flexibility index (Phi) is 8.26. The molecule has 0 aliphatic carbocycles. The molecule has 0 saturated heterocycles. The van der Waals surface area contributed by atoms with E-state index < -0.39 is 16.1 Å². The molecule has 1 aliphatic heterocycles. The zero-order chi connectivity index (χ0) is 24.0. The van der Waals surface area contributed by atoms with Crippen molar-refractivity contribution >= 4 is 27.5 Å². The Morgan fingerprint density at radius 2 is 1.82 bits per heavy atom. The molecular weight excluding hydrogens is 438 g/mol. The van der Waals surface area contributed by atoms with Crippen LogP contribution in [0, 0.1) is 5.92 Å². The molecular formula is C25H33N3O4S. The van der Waals surface area contributed by atoms with Gasteiger partial charge in [0.15, 0.2) is 0 Å². The van der Waals surface area contributed by atoms with Crippen molar-refractivity contribution in [3.8, 4) is 0 Å². The van der Waals surface area contributed by atoms with Crippen molar-refractivity contribution in [3.05, 3.63) is 59.7 Å². The van der Waals surface area contributed by atoms with Crippen molar-refractivity contribution in [3.63, 3.8) is 0 Å². The molecule has 0 radical (unpaired) electrons. The first-order valence-corrected chi connectivity index (χ1v) is 13.0. The van der Waals surface area contributed by atoms with E-state index in [9.17, 15) is 18.0 Å². The van der Waals surface area contributed by atoms with E-state index >= 15 is 0 Å². The maximum Gasteiger partial charge on any atom is 0.241 e. The van der Waals surface area contributed by atoms with Gasteiger partial charge in [-0.05, 0) is 54.5 Å². The lowest BCUT2D eigenvalue weighted by Crippen LogP contribution is -2.47. The molecule has 0 bridgehead atoms. The molecule has 0 aromatic heterocycles. The van der Waals surface area contributed by atoms with Crippen LogP contribution in [0.4, 0.5) is 5.69 Å². The van der Waals surface area contributed by atoms with Crippen molar-refractivity contribution in [2.24, 2.45) is 5.92 Å². The highest BCUT2D eigenvalue weighted by Gasteiger charge is 2.29. The molecule has 0 fully saturated rings. The molecule has 1 unspecified atom stereocenters. The second-order valence-corrected chi connectivity index (χ2v) is 10.5. The predicted molar refractivity (Wildman–Crippen MR) is 130 cm³/mol. The number of anilines is 1. The van der Waals surface area contributed by atoms with E-state index in [2.05, 4.69) is 10.0 Å². The van der Waals surface area contributed by atoms with Gasteiger partial charge in [0.05, 0.1) is 4.90 Å². The van der Waals surface area contributed by atoms with E-state index in [1.54, 1.807) is 17.0 Å². The van der Waals surface area contributed by atoms with Crippen molar-refractivity contribution in [1.29, 1.82) is 0 Å². The molecule has 1 heterocycles. The van der Waals surface area contributed by atoms with Crippen LogP contribution >= 0.6 is 0 Å². The Bertz CT molecular complexity index is 1080. The molecule has 1 aliphatic rings. The van der Waals surface area contributed by atoms with Crippen LogP contribution in [0.3, 0.4) is 0 Å². The Labute approximate surface area is 196 Å². The number of sulfonamides is 1. The number of hydrogen-bond acceptors (Lipinski definition) is 4. The molecule has 2 aromatic carbocycles. The molecule has 7 nitrogen and oxygen atoms in total. The summed E-state index contributed by atoms with van der Waals surface area (Å²) in [6.45, 7) is 6.70. The summed E-state index contributed by atoms with van der Waals surface area (Å²) in [6, 6.07) is 13.7. The Balaban J connectivity index is 1.70. The van der Waals surface area contributed by atoms with Gasteiger partial charge in [-0.1, -0.05) is 51.1 Å². The first-order valence-electron chi connectivity index (χ1n) is 11.5. The lowest BCUT2D eigenvalue weighted by Gasteiger charge is -2.21. The Morgan fingerprint density at radius 3 is 2.48 bits per heavy atom. The summed E-state index contributed by atoms with van der Waals surface area (Å²) in [6.07, 6.45) is 2.07. The fourth-order valence-electron chi connectivity index (χ4n) is 4.03. The summed E-state index contributed by atoms with van der Waals surface area (Å²) < 4.78 is 28.9. The van der Waals surface area contributed by atoms with Crippen LogP contribution in [0.15, 0.2) is 53.4 Å². The average molecular weight is 472 g/mol. The molecule has 2 aromatic rings. The van der Waals surface area contributed by atoms with Crippen LogP contribution in [0.25, 0.3) is 0 Å². The molecule has 2 N–H and O–H groups in total. The predicted octanol–water partition coefficient (Wildman–Crippen LogP) is 3.04.